The number of carbonyl (C=O) groups excluding carboxylic acids is 1. The molecule has 1 N–H and O–H groups in total. The minimum atomic E-state index is -0.763. The van der Waals surface area contributed by atoms with Crippen LogP contribution < -0.4 is 10.1 Å². The fourth-order valence-corrected chi connectivity index (χ4v) is 2.43. The summed E-state index contributed by atoms with van der Waals surface area (Å²) in [5.41, 5.74) is -0.763. The SMILES string of the molecule is N#CC1(NC(=O)COc2cccc(F)c2)CCCCC1. The molecule has 0 heterocycles. The van der Waals surface area contributed by atoms with Gasteiger partial charge >= 0.3 is 0 Å². The van der Waals surface area contributed by atoms with Crippen LogP contribution in [0.3, 0.4) is 0 Å². The first-order valence-electron chi connectivity index (χ1n) is 6.74. The number of rotatable bonds is 4. The van der Waals surface area contributed by atoms with Gasteiger partial charge in [0.15, 0.2) is 6.61 Å². The number of halogens is 1. The third-order valence-corrected chi connectivity index (χ3v) is 3.47. The third-order valence-electron chi connectivity index (χ3n) is 3.47. The van der Waals surface area contributed by atoms with Crippen LogP contribution in [-0.2, 0) is 4.79 Å². The maximum absolute atomic E-state index is 13.0. The molecule has 1 saturated carbocycles. The van der Waals surface area contributed by atoms with Gasteiger partial charge in [0, 0.05) is 6.07 Å². The van der Waals surface area contributed by atoms with Gasteiger partial charge in [0.05, 0.1) is 6.07 Å². The molecule has 0 unspecified atom stereocenters. The smallest absolute Gasteiger partial charge is 0.259 e. The van der Waals surface area contributed by atoms with Crippen molar-refractivity contribution in [2.45, 2.75) is 37.6 Å². The zero-order chi connectivity index (χ0) is 14.4. The first-order chi connectivity index (χ1) is 9.63. The average molecular weight is 276 g/mol. The first-order valence-corrected chi connectivity index (χ1v) is 6.74. The third kappa shape index (κ3) is 3.70. The summed E-state index contributed by atoms with van der Waals surface area (Å²) in [5.74, 6) is -0.462. The second-order valence-corrected chi connectivity index (χ2v) is 5.05. The van der Waals surface area contributed by atoms with Crippen molar-refractivity contribution in [3.8, 4) is 11.8 Å². The van der Waals surface area contributed by atoms with Crippen molar-refractivity contribution in [3.05, 3.63) is 30.1 Å². The van der Waals surface area contributed by atoms with Gasteiger partial charge < -0.3 is 10.1 Å². The van der Waals surface area contributed by atoms with E-state index in [1.807, 2.05) is 0 Å². The Kier molecular flexibility index (Phi) is 4.57. The molecular weight excluding hydrogens is 259 g/mol. The van der Waals surface area contributed by atoms with Gasteiger partial charge in [-0.15, -0.1) is 0 Å². The molecule has 106 valence electrons. The molecule has 1 aliphatic rings. The monoisotopic (exact) mass is 276 g/mol. The predicted octanol–water partition coefficient (Wildman–Crippen LogP) is 2.55. The zero-order valence-corrected chi connectivity index (χ0v) is 11.2. The van der Waals surface area contributed by atoms with Gasteiger partial charge in [0.25, 0.3) is 5.91 Å². The van der Waals surface area contributed by atoms with Crippen LogP contribution in [0.4, 0.5) is 4.39 Å². The van der Waals surface area contributed by atoms with Crippen LogP contribution in [0.2, 0.25) is 0 Å². The predicted molar refractivity (Wildman–Crippen MR) is 71.5 cm³/mol. The number of hydrogen-bond acceptors (Lipinski definition) is 3. The summed E-state index contributed by atoms with van der Waals surface area (Å²) >= 11 is 0. The van der Waals surface area contributed by atoms with E-state index in [1.165, 1.54) is 18.2 Å². The Morgan fingerprint density at radius 1 is 1.40 bits per heavy atom. The second-order valence-electron chi connectivity index (χ2n) is 5.05. The lowest BCUT2D eigenvalue weighted by molar-refractivity contribution is -0.124. The lowest BCUT2D eigenvalue weighted by Crippen LogP contribution is -2.50. The van der Waals surface area contributed by atoms with Crippen molar-refractivity contribution in [1.29, 1.82) is 5.26 Å². The molecule has 4 nitrogen and oxygen atoms in total. The van der Waals surface area contributed by atoms with Crippen molar-refractivity contribution >= 4 is 5.91 Å². The Labute approximate surface area is 117 Å². The van der Waals surface area contributed by atoms with E-state index in [0.717, 1.165) is 19.3 Å². The molecule has 1 aliphatic carbocycles. The van der Waals surface area contributed by atoms with Crippen LogP contribution in [0, 0.1) is 17.1 Å². The van der Waals surface area contributed by atoms with Crippen molar-refractivity contribution in [2.75, 3.05) is 6.61 Å². The highest BCUT2D eigenvalue weighted by atomic mass is 19.1. The van der Waals surface area contributed by atoms with E-state index in [0.29, 0.717) is 18.6 Å². The molecule has 0 aromatic heterocycles. The zero-order valence-electron chi connectivity index (χ0n) is 11.2. The van der Waals surface area contributed by atoms with Crippen LogP contribution in [0.25, 0.3) is 0 Å². The maximum Gasteiger partial charge on any atom is 0.259 e. The summed E-state index contributed by atoms with van der Waals surface area (Å²) in [4.78, 5) is 11.9. The van der Waals surface area contributed by atoms with Crippen LogP contribution in [0.1, 0.15) is 32.1 Å². The molecule has 5 heteroatoms. The van der Waals surface area contributed by atoms with E-state index in [4.69, 9.17) is 4.74 Å². The summed E-state index contributed by atoms with van der Waals surface area (Å²) in [6.45, 7) is -0.215. The molecule has 20 heavy (non-hydrogen) atoms. The van der Waals surface area contributed by atoms with E-state index in [9.17, 15) is 14.4 Å². The van der Waals surface area contributed by atoms with Crippen LogP contribution in [-0.4, -0.2) is 18.1 Å². The number of nitrogens with zero attached hydrogens (tertiary/aromatic N) is 1. The maximum atomic E-state index is 13.0. The highest BCUT2D eigenvalue weighted by Crippen LogP contribution is 2.27. The van der Waals surface area contributed by atoms with Crippen molar-refractivity contribution in [3.63, 3.8) is 0 Å². The fourth-order valence-electron chi connectivity index (χ4n) is 2.43. The Morgan fingerprint density at radius 3 is 2.80 bits per heavy atom. The van der Waals surface area contributed by atoms with E-state index in [2.05, 4.69) is 11.4 Å². The summed E-state index contributed by atoms with van der Waals surface area (Å²) in [6.07, 6.45) is 4.33. The molecule has 1 amide bonds. The van der Waals surface area contributed by atoms with E-state index in [1.54, 1.807) is 6.07 Å². The number of benzene rings is 1. The van der Waals surface area contributed by atoms with Crippen LogP contribution in [0.5, 0.6) is 5.75 Å². The molecule has 1 aromatic rings. The molecule has 0 saturated heterocycles. The van der Waals surface area contributed by atoms with Crippen molar-refractivity contribution < 1.29 is 13.9 Å². The molecule has 0 aliphatic heterocycles. The Balaban J connectivity index is 1.87. The quantitative estimate of drug-likeness (QED) is 0.919. The lowest BCUT2D eigenvalue weighted by Gasteiger charge is -2.31. The van der Waals surface area contributed by atoms with Crippen LogP contribution in [0.15, 0.2) is 24.3 Å². The molecule has 0 atom stereocenters. The van der Waals surface area contributed by atoms with Crippen molar-refractivity contribution in [1.82, 2.24) is 5.32 Å². The van der Waals surface area contributed by atoms with Crippen molar-refractivity contribution in [2.24, 2.45) is 0 Å². The highest BCUT2D eigenvalue weighted by Gasteiger charge is 2.33. The van der Waals surface area contributed by atoms with E-state index >= 15 is 0 Å². The largest absolute Gasteiger partial charge is 0.484 e. The van der Waals surface area contributed by atoms with Crippen LogP contribution >= 0.6 is 0 Å². The highest BCUT2D eigenvalue weighted by molar-refractivity contribution is 5.78. The molecule has 0 bridgehead atoms. The summed E-state index contributed by atoms with van der Waals surface area (Å²) in [7, 11) is 0. The molecule has 0 spiro atoms. The lowest BCUT2D eigenvalue weighted by atomic mass is 9.83. The average Bonchev–Trinajstić information content (AvgIpc) is 2.46. The number of nitriles is 1. The van der Waals surface area contributed by atoms with Gasteiger partial charge in [-0.2, -0.15) is 5.26 Å². The molecule has 0 radical (unpaired) electrons. The van der Waals surface area contributed by atoms with Gasteiger partial charge in [-0.3, -0.25) is 4.79 Å². The molecular formula is C15H17FN2O2. The van der Waals surface area contributed by atoms with Gasteiger partial charge in [-0.1, -0.05) is 25.3 Å². The number of nitrogens with one attached hydrogen (secondary N) is 1. The fraction of sp³-hybridized carbons (Fsp3) is 0.467. The van der Waals surface area contributed by atoms with Gasteiger partial charge in [0.1, 0.15) is 17.1 Å². The minimum Gasteiger partial charge on any atom is -0.484 e. The van der Waals surface area contributed by atoms with Gasteiger partial charge in [-0.05, 0) is 25.0 Å². The second kappa shape index (κ2) is 6.38. The summed E-state index contributed by atoms with van der Waals surface area (Å²) in [5, 5.41) is 12.0. The van der Waals surface area contributed by atoms with E-state index < -0.39 is 11.4 Å². The number of hydrogen-bond donors (Lipinski definition) is 1. The Hall–Kier alpha value is -2.09. The molecule has 1 aromatic carbocycles. The Morgan fingerprint density at radius 2 is 2.15 bits per heavy atom. The summed E-state index contributed by atoms with van der Waals surface area (Å²) < 4.78 is 18.2. The topological polar surface area (TPSA) is 62.1 Å². The number of ether oxygens (including phenoxy) is 1. The summed E-state index contributed by atoms with van der Waals surface area (Å²) in [6, 6.07) is 7.82. The van der Waals surface area contributed by atoms with Gasteiger partial charge in [-0.25, -0.2) is 4.39 Å². The normalized spacial score (nSPS) is 17.0. The number of carbonyl (C=O) groups is 1. The van der Waals surface area contributed by atoms with E-state index in [-0.39, 0.29) is 12.5 Å². The standard InChI is InChI=1S/C15H17FN2O2/c16-12-5-4-6-13(9-12)20-10-14(19)18-15(11-17)7-2-1-3-8-15/h4-6,9H,1-3,7-8,10H2,(H,18,19). The first kappa shape index (κ1) is 14.3. The number of amides is 1. The minimum absolute atomic E-state index is 0.215. The molecule has 2 rings (SSSR count). The molecule has 1 fully saturated rings. The Bertz CT molecular complexity index is 519. The van der Waals surface area contributed by atoms with Gasteiger partial charge in [0.2, 0.25) is 0 Å².